The predicted octanol–water partition coefficient (Wildman–Crippen LogP) is 4.16. The lowest BCUT2D eigenvalue weighted by molar-refractivity contribution is 0.744. The van der Waals surface area contributed by atoms with Crippen molar-refractivity contribution in [3.8, 4) is 11.3 Å². The van der Waals surface area contributed by atoms with Crippen molar-refractivity contribution in [1.82, 2.24) is 9.97 Å². The number of hydrogen-bond donors (Lipinski definition) is 2. The molecule has 132 valence electrons. The van der Waals surface area contributed by atoms with E-state index >= 15 is 0 Å². The van der Waals surface area contributed by atoms with Gasteiger partial charge >= 0.3 is 0 Å². The quantitative estimate of drug-likeness (QED) is 0.634. The molecule has 0 spiro atoms. The van der Waals surface area contributed by atoms with Crippen LogP contribution >= 0.6 is 0 Å². The average Bonchev–Trinajstić information content (AvgIpc) is 3.10. The lowest BCUT2D eigenvalue weighted by Crippen LogP contribution is -2.16. The first-order chi connectivity index (χ1) is 12.1. The molecular weight excluding hydrogens is 310 g/mol. The van der Waals surface area contributed by atoms with E-state index in [2.05, 4.69) is 35.2 Å². The second-order valence-electron chi connectivity index (χ2n) is 6.96. The molecule has 1 saturated carbocycles. The van der Waals surface area contributed by atoms with E-state index in [0.717, 1.165) is 28.2 Å². The number of aromatic nitrogens is 2. The highest BCUT2D eigenvalue weighted by molar-refractivity contribution is 6.06. The van der Waals surface area contributed by atoms with Crippen LogP contribution in [0.15, 0.2) is 35.5 Å². The molecule has 5 heteroatoms. The van der Waals surface area contributed by atoms with Gasteiger partial charge in [-0.3, -0.25) is 4.99 Å². The van der Waals surface area contributed by atoms with Gasteiger partial charge in [0, 0.05) is 41.8 Å². The van der Waals surface area contributed by atoms with Crippen LogP contribution in [0.4, 0.5) is 11.6 Å². The minimum Gasteiger partial charge on any atom is -0.398 e. The first-order valence-electron chi connectivity index (χ1n) is 9.05. The summed E-state index contributed by atoms with van der Waals surface area (Å²) >= 11 is 0. The van der Waals surface area contributed by atoms with Gasteiger partial charge in [-0.15, -0.1) is 0 Å². The maximum atomic E-state index is 6.19. The van der Waals surface area contributed by atoms with Crippen molar-refractivity contribution in [2.45, 2.75) is 45.6 Å². The monoisotopic (exact) mass is 337 g/mol. The Balaban J connectivity index is 1.91. The van der Waals surface area contributed by atoms with E-state index in [9.17, 15) is 0 Å². The van der Waals surface area contributed by atoms with Gasteiger partial charge in [-0.1, -0.05) is 32.8 Å². The van der Waals surface area contributed by atoms with E-state index in [0.29, 0.717) is 17.9 Å². The normalized spacial score (nSPS) is 15.8. The largest absolute Gasteiger partial charge is 0.398 e. The highest BCUT2D eigenvalue weighted by Gasteiger charge is 2.16. The van der Waals surface area contributed by atoms with Gasteiger partial charge in [0.05, 0.1) is 5.69 Å². The summed E-state index contributed by atoms with van der Waals surface area (Å²) in [5, 5.41) is 3.46. The summed E-state index contributed by atoms with van der Waals surface area (Å²) in [4.78, 5) is 13.5. The molecule has 1 fully saturated rings. The maximum Gasteiger partial charge on any atom is 0.223 e. The molecule has 1 aromatic heterocycles. The lowest BCUT2D eigenvalue weighted by atomic mass is 9.96. The summed E-state index contributed by atoms with van der Waals surface area (Å²) in [6.45, 7) is 4.26. The molecule has 1 heterocycles. The zero-order valence-corrected chi connectivity index (χ0v) is 15.3. The maximum absolute atomic E-state index is 6.19. The van der Waals surface area contributed by atoms with Crippen molar-refractivity contribution in [2.24, 2.45) is 10.9 Å². The predicted molar refractivity (Wildman–Crippen MR) is 105 cm³/mol. The summed E-state index contributed by atoms with van der Waals surface area (Å²) in [6, 6.07) is 8.46. The summed E-state index contributed by atoms with van der Waals surface area (Å²) < 4.78 is 0. The fraction of sp³-hybridized carbons (Fsp3) is 0.450. The zero-order chi connectivity index (χ0) is 17.8. The Kier molecular flexibility index (Phi) is 5.31. The third kappa shape index (κ3) is 3.98. The third-order valence-corrected chi connectivity index (χ3v) is 4.76. The Morgan fingerprint density at radius 3 is 2.68 bits per heavy atom. The molecule has 1 aromatic carbocycles. The van der Waals surface area contributed by atoms with E-state index in [-0.39, 0.29) is 0 Å². The highest BCUT2D eigenvalue weighted by atomic mass is 15.1. The van der Waals surface area contributed by atoms with Gasteiger partial charge in [0.15, 0.2) is 0 Å². The summed E-state index contributed by atoms with van der Waals surface area (Å²) in [5.74, 6) is 1.02. The second-order valence-corrected chi connectivity index (χ2v) is 6.96. The van der Waals surface area contributed by atoms with Crippen LogP contribution in [0.1, 0.15) is 45.1 Å². The van der Waals surface area contributed by atoms with Crippen molar-refractivity contribution in [1.29, 1.82) is 0 Å². The molecule has 3 rings (SSSR count). The molecule has 0 radical (unpaired) electrons. The smallest absolute Gasteiger partial charge is 0.223 e. The topological polar surface area (TPSA) is 76.2 Å². The second kappa shape index (κ2) is 7.64. The van der Waals surface area contributed by atoms with Gasteiger partial charge in [-0.05, 0) is 37.0 Å². The molecule has 3 N–H and O–H groups in total. The molecule has 0 amide bonds. The Labute approximate surface area is 149 Å². The van der Waals surface area contributed by atoms with Crippen LogP contribution in [0, 0.1) is 5.92 Å². The molecule has 5 nitrogen and oxygen atoms in total. The molecular formula is C20H27N5. The number of nitrogens with two attached hydrogens (primary N) is 1. The third-order valence-electron chi connectivity index (χ3n) is 4.76. The first kappa shape index (κ1) is 17.4. The van der Waals surface area contributed by atoms with E-state index in [4.69, 9.17) is 10.7 Å². The van der Waals surface area contributed by atoms with Crippen LogP contribution in [0.2, 0.25) is 0 Å². The van der Waals surface area contributed by atoms with Crippen LogP contribution < -0.4 is 11.1 Å². The molecule has 0 unspecified atom stereocenters. The molecule has 1 aliphatic carbocycles. The average molecular weight is 337 g/mol. The van der Waals surface area contributed by atoms with Crippen LogP contribution in [-0.2, 0) is 0 Å². The van der Waals surface area contributed by atoms with E-state index in [1.54, 1.807) is 0 Å². The first-order valence-corrected chi connectivity index (χ1v) is 9.05. The van der Waals surface area contributed by atoms with Crippen LogP contribution in [0.5, 0.6) is 0 Å². The summed E-state index contributed by atoms with van der Waals surface area (Å²) in [6.07, 6.45) is 6.78. The number of anilines is 2. The summed E-state index contributed by atoms with van der Waals surface area (Å²) in [7, 11) is 1.82. The van der Waals surface area contributed by atoms with E-state index in [1.807, 2.05) is 31.4 Å². The zero-order valence-electron chi connectivity index (χ0n) is 15.3. The number of rotatable bonds is 5. The van der Waals surface area contributed by atoms with Gasteiger partial charge in [0.2, 0.25) is 5.95 Å². The van der Waals surface area contributed by atoms with Crippen molar-refractivity contribution in [2.75, 3.05) is 18.1 Å². The van der Waals surface area contributed by atoms with Gasteiger partial charge in [0.25, 0.3) is 0 Å². The van der Waals surface area contributed by atoms with E-state index < -0.39 is 0 Å². The number of nitrogens with zero attached hydrogens (tertiary/aromatic N) is 3. The minimum absolute atomic E-state index is 0.313. The Morgan fingerprint density at radius 2 is 2.00 bits per heavy atom. The van der Waals surface area contributed by atoms with Crippen molar-refractivity contribution in [3.05, 3.63) is 36.0 Å². The Hall–Kier alpha value is -2.43. The number of nitrogens with one attached hydrogen (secondary N) is 1. The number of benzene rings is 1. The Bertz CT molecular complexity index is 760. The lowest BCUT2D eigenvalue weighted by Gasteiger charge is -2.15. The molecule has 25 heavy (non-hydrogen) atoms. The fourth-order valence-corrected chi connectivity index (χ4v) is 3.47. The summed E-state index contributed by atoms with van der Waals surface area (Å²) in [5.41, 5.74) is 10.9. The molecule has 0 atom stereocenters. The molecule has 2 aromatic rings. The van der Waals surface area contributed by atoms with E-state index in [1.165, 1.54) is 25.7 Å². The molecule has 0 aliphatic heterocycles. The minimum atomic E-state index is 0.313. The van der Waals surface area contributed by atoms with Crippen LogP contribution in [-0.4, -0.2) is 28.8 Å². The molecule has 1 aliphatic rings. The standard InChI is InChI=1S/C20H27N5/c1-13(2)19(22-3)16-12-14(8-9-17(16)21)18-10-11-23-20(25-18)24-15-6-4-5-7-15/h8-13,15H,4-7,21H2,1-3H3,(H,23,24,25). The number of aliphatic imine (C=N–C) groups is 1. The van der Waals surface area contributed by atoms with Crippen LogP contribution in [0.25, 0.3) is 11.3 Å². The SMILES string of the molecule is CN=C(c1cc(-c2ccnc(NC3CCCC3)n2)ccc1N)C(C)C. The van der Waals surface area contributed by atoms with Gasteiger partial charge in [0.1, 0.15) is 0 Å². The van der Waals surface area contributed by atoms with Gasteiger partial charge in [-0.2, -0.15) is 0 Å². The Morgan fingerprint density at radius 1 is 1.24 bits per heavy atom. The molecule has 0 bridgehead atoms. The van der Waals surface area contributed by atoms with Crippen molar-refractivity contribution < 1.29 is 0 Å². The molecule has 0 saturated heterocycles. The van der Waals surface area contributed by atoms with Crippen molar-refractivity contribution >= 4 is 17.3 Å². The van der Waals surface area contributed by atoms with Crippen LogP contribution in [0.3, 0.4) is 0 Å². The highest BCUT2D eigenvalue weighted by Crippen LogP contribution is 2.26. The van der Waals surface area contributed by atoms with Gasteiger partial charge in [-0.25, -0.2) is 9.97 Å². The number of hydrogen-bond acceptors (Lipinski definition) is 5. The van der Waals surface area contributed by atoms with Gasteiger partial charge < -0.3 is 11.1 Å². The number of nitrogen functional groups attached to an aromatic ring is 1. The fourth-order valence-electron chi connectivity index (χ4n) is 3.47. The van der Waals surface area contributed by atoms with Crippen molar-refractivity contribution in [3.63, 3.8) is 0 Å².